The molecule has 56 valence electrons. The third kappa shape index (κ3) is 140. The lowest BCUT2D eigenvalue weighted by Gasteiger charge is -1.71. The van der Waals surface area contributed by atoms with Crippen LogP contribution >= 0.6 is 0 Å². The van der Waals surface area contributed by atoms with Gasteiger partial charge < -0.3 is 11.3 Å². The van der Waals surface area contributed by atoms with Gasteiger partial charge >= 0.3 is 5.97 Å². The molecule has 0 radical (unpaired) electrons. The van der Waals surface area contributed by atoms with Gasteiger partial charge in [0.25, 0.3) is 0 Å². The second kappa shape index (κ2) is 15.7. The lowest BCUT2D eigenvalue weighted by molar-refractivity contribution is -0.136. The summed E-state index contributed by atoms with van der Waals surface area (Å²) in [6.45, 7) is 6.85. The summed E-state index contributed by atoms with van der Waals surface area (Å²) in [6.07, 6.45) is 1.97. The van der Waals surface area contributed by atoms with Gasteiger partial charge in [-0.05, 0) is 6.92 Å². The van der Waals surface area contributed by atoms with Crippen LogP contribution in [-0.4, -0.2) is 11.1 Å². The Hall–Kier alpha value is -0.830. The maximum atomic E-state index is 9.37. The van der Waals surface area contributed by atoms with Crippen molar-refractivity contribution in [2.45, 2.75) is 20.3 Å². The van der Waals surface area contributed by atoms with Crippen molar-refractivity contribution in [1.29, 1.82) is 0 Å². The van der Waals surface area contributed by atoms with Crippen molar-refractivity contribution < 1.29 is 9.90 Å². The Kier molecular flexibility index (Phi) is 27.4. The molecular weight excluding hydrogens is 118 g/mol. The molecule has 0 aliphatic heterocycles. The molecule has 0 fully saturated rings. The van der Waals surface area contributed by atoms with E-state index < -0.39 is 5.97 Å². The van der Waals surface area contributed by atoms with E-state index in [4.69, 9.17) is 5.11 Å². The summed E-state index contributed by atoms with van der Waals surface area (Å²) >= 11 is 0. The number of allylic oxidation sites excluding steroid dienone is 1. The maximum Gasteiger partial charge on any atom is 0.303 e. The molecule has 0 unspecified atom stereocenters. The van der Waals surface area contributed by atoms with Crippen molar-refractivity contribution in [2.24, 2.45) is 0 Å². The molecule has 0 aromatic carbocycles. The minimum Gasteiger partial charge on any atom is -0.481 e. The van der Waals surface area contributed by atoms with Gasteiger partial charge in [-0.2, -0.15) is 0 Å². The summed E-state index contributed by atoms with van der Waals surface area (Å²) < 4.78 is 0. The minimum absolute atomic E-state index is 0. The Labute approximate surface area is 56.0 Å². The fourth-order valence-corrected chi connectivity index (χ4v) is 0. The van der Waals surface area contributed by atoms with Crippen LogP contribution in [0.5, 0.6) is 0 Å². The summed E-state index contributed by atoms with van der Waals surface area (Å²) in [4.78, 5) is 9.37. The number of hydrogen-bond acceptors (Lipinski definition) is 2. The number of carboxylic acids is 1. The number of carbonyl (C=O) groups is 1. The van der Waals surface area contributed by atoms with E-state index in [2.05, 4.69) is 6.58 Å². The van der Waals surface area contributed by atoms with Crippen molar-refractivity contribution in [3.05, 3.63) is 12.7 Å². The summed E-state index contributed by atoms with van der Waals surface area (Å²) in [7, 11) is 0. The van der Waals surface area contributed by atoms with Gasteiger partial charge in [0.05, 0.1) is 0 Å². The van der Waals surface area contributed by atoms with E-state index in [-0.39, 0.29) is 12.6 Å². The summed E-state index contributed by atoms with van der Waals surface area (Å²) in [6, 6.07) is 0. The Bertz CT molecular complexity index is 71.5. The average molecular weight is 133 g/mol. The molecule has 0 aromatic rings. The SMILES string of the molecule is C=CC.CCC(=O)O.N. The zero-order valence-corrected chi connectivity index (χ0v) is 6.05. The molecule has 0 aliphatic rings. The molecule has 3 nitrogen and oxygen atoms in total. The first-order chi connectivity index (χ1) is 3.68. The first-order valence-electron chi connectivity index (χ1n) is 2.47. The molecule has 0 atom stereocenters. The van der Waals surface area contributed by atoms with Gasteiger partial charge in [-0.1, -0.05) is 13.0 Å². The van der Waals surface area contributed by atoms with E-state index >= 15 is 0 Å². The van der Waals surface area contributed by atoms with Crippen molar-refractivity contribution in [2.75, 3.05) is 0 Å². The number of hydrogen-bond donors (Lipinski definition) is 2. The quantitative estimate of drug-likeness (QED) is 0.536. The summed E-state index contributed by atoms with van der Waals surface area (Å²) in [5.74, 6) is -0.745. The molecular formula is C6H15NO2. The second-order valence-corrected chi connectivity index (χ2v) is 1.16. The average Bonchev–Trinajstić information content (AvgIpc) is 1.69. The highest BCUT2D eigenvalue weighted by Gasteiger charge is 1.80. The molecule has 0 saturated carbocycles. The van der Waals surface area contributed by atoms with E-state index in [0.29, 0.717) is 0 Å². The van der Waals surface area contributed by atoms with Gasteiger partial charge in [0, 0.05) is 6.42 Å². The smallest absolute Gasteiger partial charge is 0.303 e. The van der Waals surface area contributed by atoms with Gasteiger partial charge in [0.2, 0.25) is 0 Å². The predicted octanol–water partition coefficient (Wildman–Crippen LogP) is 1.84. The largest absolute Gasteiger partial charge is 0.481 e. The van der Waals surface area contributed by atoms with Crippen LogP contribution in [0.3, 0.4) is 0 Å². The van der Waals surface area contributed by atoms with E-state index in [0.717, 1.165) is 0 Å². The highest BCUT2D eigenvalue weighted by atomic mass is 16.4. The Morgan fingerprint density at radius 2 is 1.89 bits per heavy atom. The van der Waals surface area contributed by atoms with Crippen LogP contribution in [0.25, 0.3) is 0 Å². The standard InChI is InChI=1S/C3H6O2.C3H6.H3N/c1-2-3(4)5;1-3-2;/h2H2,1H3,(H,4,5);3H,1H2,2H3;1H3. The first-order valence-corrected chi connectivity index (χ1v) is 2.47. The number of carboxylic acid groups (broad SMARTS) is 1. The fraction of sp³-hybridized carbons (Fsp3) is 0.500. The summed E-state index contributed by atoms with van der Waals surface area (Å²) in [5, 5.41) is 7.72. The van der Waals surface area contributed by atoms with Gasteiger partial charge in [0.15, 0.2) is 0 Å². The highest BCUT2D eigenvalue weighted by Crippen LogP contribution is 1.67. The number of aliphatic carboxylic acids is 1. The molecule has 4 N–H and O–H groups in total. The van der Waals surface area contributed by atoms with Crippen molar-refractivity contribution in [3.63, 3.8) is 0 Å². The number of rotatable bonds is 1. The van der Waals surface area contributed by atoms with Gasteiger partial charge in [0.1, 0.15) is 0 Å². The second-order valence-electron chi connectivity index (χ2n) is 1.16. The topological polar surface area (TPSA) is 72.3 Å². The van der Waals surface area contributed by atoms with Crippen molar-refractivity contribution in [3.8, 4) is 0 Å². The highest BCUT2D eigenvalue weighted by molar-refractivity contribution is 5.66. The van der Waals surface area contributed by atoms with Crippen LogP contribution in [-0.2, 0) is 4.79 Å². The lowest BCUT2D eigenvalue weighted by atomic mass is 10.5. The van der Waals surface area contributed by atoms with Gasteiger partial charge in [-0.3, -0.25) is 4.79 Å². The van der Waals surface area contributed by atoms with Crippen molar-refractivity contribution in [1.82, 2.24) is 6.15 Å². The van der Waals surface area contributed by atoms with Crippen molar-refractivity contribution >= 4 is 5.97 Å². The predicted molar refractivity (Wildman–Crippen MR) is 38.8 cm³/mol. The van der Waals surface area contributed by atoms with Crippen LogP contribution in [0.4, 0.5) is 0 Å². The lowest BCUT2D eigenvalue weighted by Crippen LogP contribution is -1.86. The first kappa shape index (κ1) is 15.7. The molecule has 0 aromatic heterocycles. The van der Waals surface area contributed by atoms with Crippen LogP contribution in [0.15, 0.2) is 12.7 Å². The summed E-state index contributed by atoms with van der Waals surface area (Å²) in [5.41, 5.74) is 0. The maximum absolute atomic E-state index is 9.37. The fourth-order valence-electron chi connectivity index (χ4n) is 0. The minimum atomic E-state index is -0.745. The van der Waals surface area contributed by atoms with Gasteiger partial charge in [-0.25, -0.2) is 0 Å². The van der Waals surface area contributed by atoms with E-state index in [1.807, 2.05) is 6.92 Å². The Balaban J connectivity index is -0.0000000800. The Morgan fingerprint density at radius 3 is 1.89 bits per heavy atom. The van der Waals surface area contributed by atoms with E-state index in [1.54, 1.807) is 13.0 Å². The molecule has 0 aliphatic carbocycles. The van der Waals surface area contributed by atoms with Crippen LogP contribution in [0.1, 0.15) is 20.3 Å². The van der Waals surface area contributed by atoms with Gasteiger partial charge in [-0.15, -0.1) is 6.58 Å². The van der Waals surface area contributed by atoms with Crippen LogP contribution < -0.4 is 6.15 Å². The van der Waals surface area contributed by atoms with E-state index in [9.17, 15) is 4.79 Å². The monoisotopic (exact) mass is 133 g/mol. The molecule has 0 amide bonds. The molecule has 9 heavy (non-hydrogen) atoms. The third-order valence-electron chi connectivity index (χ3n) is 0.302. The van der Waals surface area contributed by atoms with Crippen LogP contribution in [0, 0.1) is 0 Å². The molecule has 0 saturated heterocycles. The normalized spacial score (nSPS) is 5.56. The molecule has 0 spiro atoms. The zero-order valence-electron chi connectivity index (χ0n) is 6.05. The van der Waals surface area contributed by atoms with E-state index in [1.165, 1.54) is 0 Å². The molecule has 0 rings (SSSR count). The molecule has 3 heteroatoms. The zero-order chi connectivity index (χ0) is 6.99. The molecule has 0 heterocycles. The molecule has 0 bridgehead atoms. The third-order valence-corrected chi connectivity index (χ3v) is 0.302. The Morgan fingerprint density at radius 1 is 1.78 bits per heavy atom. The van der Waals surface area contributed by atoms with Crippen LogP contribution in [0.2, 0.25) is 0 Å².